The van der Waals surface area contributed by atoms with Crippen LogP contribution in [0.5, 0.6) is 0 Å². The number of nitrogens with zero attached hydrogens (tertiary/aromatic N) is 3. The second-order valence-electron chi connectivity index (χ2n) is 10.2. The Morgan fingerprint density at radius 3 is 2.26 bits per heavy atom. The number of sulfonamides is 1. The number of benzene rings is 2. The average molecular weight is 497 g/mol. The lowest BCUT2D eigenvalue weighted by molar-refractivity contribution is -0.120. The van der Waals surface area contributed by atoms with Gasteiger partial charge < -0.3 is 9.84 Å². The summed E-state index contributed by atoms with van der Waals surface area (Å²) in [5.41, 5.74) is 3.24. The van der Waals surface area contributed by atoms with Crippen LogP contribution in [0.4, 0.5) is 5.69 Å². The molecule has 0 atom stereocenters. The van der Waals surface area contributed by atoms with Gasteiger partial charge in [-0.3, -0.25) is 4.79 Å². The zero-order chi connectivity index (χ0) is 25.4. The van der Waals surface area contributed by atoms with Gasteiger partial charge in [-0.2, -0.15) is 9.29 Å². The number of anilines is 1. The van der Waals surface area contributed by atoms with Crippen LogP contribution in [0.3, 0.4) is 0 Å². The van der Waals surface area contributed by atoms with Crippen LogP contribution in [0.1, 0.15) is 50.6 Å². The standard InChI is InChI=1S/C26H32N4O4S/c1-17-6-11-22(16-18(17)2)35(32,33)30-14-12-20(13-15-30)24(31)27-21-9-7-19(8-10-21)23-28-25(34-29-23)26(3,4)5/h6-11,16,20H,12-15H2,1-5H3,(H,27,31). The molecular formula is C26H32N4O4S. The second-order valence-corrected chi connectivity index (χ2v) is 12.1. The van der Waals surface area contributed by atoms with Gasteiger partial charge in [0.2, 0.25) is 27.6 Å². The van der Waals surface area contributed by atoms with E-state index >= 15 is 0 Å². The fourth-order valence-electron chi connectivity index (χ4n) is 3.97. The quantitative estimate of drug-likeness (QED) is 0.549. The average Bonchev–Trinajstić information content (AvgIpc) is 3.32. The minimum Gasteiger partial charge on any atom is -0.338 e. The first kappa shape index (κ1) is 25.1. The van der Waals surface area contributed by atoms with Crippen LogP contribution in [0.15, 0.2) is 51.9 Å². The maximum atomic E-state index is 13.0. The Morgan fingerprint density at radius 2 is 1.69 bits per heavy atom. The summed E-state index contributed by atoms with van der Waals surface area (Å²) in [6, 6.07) is 12.5. The lowest BCUT2D eigenvalue weighted by Gasteiger charge is -2.30. The van der Waals surface area contributed by atoms with E-state index in [0.717, 1.165) is 16.7 Å². The molecule has 4 rings (SSSR count). The summed E-state index contributed by atoms with van der Waals surface area (Å²) < 4.78 is 32.9. The van der Waals surface area contributed by atoms with Crippen molar-refractivity contribution in [2.75, 3.05) is 18.4 Å². The monoisotopic (exact) mass is 496 g/mol. The number of nitrogens with one attached hydrogen (secondary N) is 1. The molecule has 2 aromatic carbocycles. The Hall–Kier alpha value is -3.04. The highest BCUT2D eigenvalue weighted by molar-refractivity contribution is 7.89. The second kappa shape index (κ2) is 9.54. The van der Waals surface area contributed by atoms with Crippen LogP contribution in [-0.2, 0) is 20.2 Å². The van der Waals surface area contributed by atoms with E-state index < -0.39 is 10.0 Å². The summed E-state index contributed by atoms with van der Waals surface area (Å²) in [5.74, 6) is 0.726. The van der Waals surface area contributed by atoms with Gasteiger partial charge in [0.1, 0.15) is 0 Å². The Labute approximate surface area is 206 Å². The van der Waals surface area contributed by atoms with Crippen molar-refractivity contribution < 1.29 is 17.7 Å². The number of aryl methyl sites for hydroxylation is 2. The highest BCUT2D eigenvalue weighted by atomic mass is 32.2. The van der Waals surface area contributed by atoms with Gasteiger partial charge in [0.25, 0.3) is 0 Å². The van der Waals surface area contributed by atoms with Crippen molar-refractivity contribution in [3.05, 3.63) is 59.5 Å². The van der Waals surface area contributed by atoms with Crippen LogP contribution >= 0.6 is 0 Å². The number of carbonyl (C=O) groups excluding carboxylic acids is 1. The molecule has 0 bridgehead atoms. The molecule has 1 aliphatic rings. The Bertz CT molecular complexity index is 1320. The van der Waals surface area contributed by atoms with Crippen molar-refractivity contribution in [2.45, 2.75) is 57.8 Å². The van der Waals surface area contributed by atoms with E-state index in [1.807, 2.05) is 52.8 Å². The molecule has 8 nitrogen and oxygen atoms in total. The fourth-order valence-corrected chi connectivity index (χ4v) is 5.53. The number of rotatable bonds is 5. The minimum atomic E-state index is -3.57. The van der Waals surface area contributed by atoms with Gasteiger partial charge in [-0.05, 0) is 74.2 Å². The first-order chi connectivity index (χ1) is 16.4. The summed E-state index contributed by atoms with van der Waals surface area (Å²) in [4.78, 5) is 17.6. The normalized spacial score (nSPS) is 15.8. The number of aromatic nitrogens is 2. The lowest BCUT2D eigenvalue weighted by atomic mass is 9.97. The van der Waals surface area contributed by atoms with E-state index in [9.17, 15) is 13.2 Å². The highest BCUT2D eigenvalue weighted by Crippen LogP contribution is 2.27. The van der Waals surface area contributed by atoms with Crippen LogP contribution in [0.25, 0.3) is 11.4 Å². The maximum absolute atomic E-state index is 13.0. The van der Waals surface area contributed by atoms with Gasteiger partial charge in [0.05, 0.1) is 4.90 Å². The van der Waals surface area contributed by atoms with Crippen molar-refractivity contribution >= 4 is 21.6 Å². The molecule has 1 fully saturated rings. The van der Waals surface area contributed by atoms with Crippen molar-refractivity contribution in [3.8, 4) is 11.4 Å². The van der Waals surface area contributed by atoms with Crippen molar-refractivity contribution in [3.63, 3.8) is 0 Å². The van der Waals surface area contributed by atoms with E-state index in [4.69, 9.17) is 4.52 Å². The zero-order valence-electron chi connectivity index (χ0n) is 20.8. The summed E-state index contributed by atoms with van der Waals surface area (Å²) >= 11 is 0. The molecule has 1 aromatic heterocycles. The maximum Gasteiger partial charge on any atom is 0.243 e. The van der Waals surface area contributed by atoms with Gasteiger partial charge in [-0.1, -0.05) is 32.0 Å². The van der Waals surface area contributed by atoms with Crippen LogP contribution in [-0.4, -0.2) is 41.9 Å². The third kappa shape index (κ3) is 5.46. The van der Waals surface area contributed by atoms with E-state index in [-0.39, 0.29) is 17.2 Å². The summed E-state index contributed by atoms with van der Waals surface area (Å²) in [6.07, 6.45) is 0.957. The van der Waals surface area contributed by atoms with Crippen molar-refractivity contribution in [1.82, 2.24) is 14.4 Å². The van der Waals surface area contributed by atoms with Gasteiger partial charge >= 0.3 is 0 Å². The SMILES string of the molecule is Cc1ccc(S(=O)(=O)N2CCC(C(=O)Nc3ccc(-c4noc(C(C)(C)C)n4)cc3)CC2)cc1C. The Balaban J connectivity index is 1.35. The molecule has 35 heavy (non-hydrogen) atoms. The van der Waals surface area contributed by atoms with Gasteiger partial charge in [-0.15, -0.1) is 0 Å². The zero-order valence-corrected chi connectivity index (χ0v) is 21.6. The van der Waals surface area contributed by atoms with Crippen LogP contribution < -0.4 is 5.32 Å². The smallest absolute Gasteiger partial charge is 0.243 e. The van der Waals surface area contributed by atoms with Crippen LogP contribution in [0.2, 0.25) is 0 Å². The molecule has 1 saturated heterocycles. The van der Waals surface area contributed by atoms with Gasteiger partial charge in [0, 0.05) is 35.7 Å². The number of carbonyl (C=O) groups is 1. The number of piperidine rings is 1. The van der Waals surface area contributed by atoms with E-state index in [0.29, 0.717) is 48.2 Å². The molecule has 0 unspecified atom stereocenters. The number of hydrogen-bond acceptors (Lipinski definition) is 6. The summed E-state index contributed by atoms with van der Waals surface area (Å²) in [5, 5.41) is 7.00. The highest BCUT2D eigenvalue weighted by Gasteiger charge is 2.32. The molecule has 9 heteroatoms. The Morgan fingerprint density at radius 1 is 1.03 bits per heavy atom. The summed E-state index contributed by atoms with van der Waals surface area (Å²) in [7, 11) is -3.57. The third-order valence-corrected chi connectivity index (χ3v) is 8.31. The lowest BCUT2D eigenvalue weighted by Crippen LogP contribution is -2.41. The first-order valence-corrected chi connectivity index (χ1v) is 13.2. The molecule has 0 spiro atoms. The molecule has 0 radical (unpaired) electrons. The van der Waals surface area contributed by atoms with Crippen molar-refractivity contribution in [2.24, 2.45) is 5.92 Å². The molecule has 0 aliphatic carbocycles. The first-order valence-electron chi connectivity index (χ1n) is 11.8. The predicted octanol–water partition coefficient (Wildman–Crippen LogP) is 4.69. The fraction of sp³-hybridized carbons (Fsp3) is 0.423. The molecule has 3 aromatic rings. The van der Waals surface area contributed by atoms with Gasteiger partial charge in [-0.25, -0.2) is 8.42 Å². The minimum absolute atomic E-state index is 0.101. The number of amides is 1. The summed E-state index contributed by atoms with van der Waals surface area (Å²) in [6.45, 7) is 10.5. The topological polar surface area (TPSA) is 105 Å². The van der Waals surface area contributed by atoms with E-state index in [1.54, 1.807) is 24.3 Å². The molecule has 1 amide bonds. The molecular weight excluding hydrogens is 464 g/mol. The molecule has 2 heterocycles. The van der Waals surface area contributed by atoms with Crippen LogP contribution in [0, 0.1) is 19.8 Å². The third-order valence-electron chi connectivity index (χ3n) is 6.42. The van der Waals surface area contributed by atoms with E-state index in [1.165, 1.54) is 4.31 Å². The predicted molar refractivity (Wildman–Crippen MR) is 134 cm³/mol. The largest absolute Gasteiger partial charge is 0.338 e. The molecule has 1 aliphatic heterocycles. The molecule has 186 valence electrons. The van der Waals surface area contributed by atoms with Crippen molar-refractivity contribution in [1.29, 1.82) is 0 Å². The number of hydrogen-bond donors (Lipinski definition) is 1. The molecule has 0 saturated carbocycles. The van der Waals surface area contributed by atoms with Gasteiger partial charge in [0.15, 0.2) is 0 Å². The molecule has 1 N–H and O–H groups in total. The van der Waals surface area contributed by atoms with E-state index in [2.05, 4.69) is 15.5 Å². The Kier molecular flexibility index (Phi) is 6.83.